The molecule has 0 radical (unpaired) electrons. The molecule has 1 saturated carbocycles. The van der Waals surface area contributed by atoms with Crippen LogP contribution in [0.5, 0.6) is 0 Å². The minimum Gasteiger partial charge on any atom is -0.483 e. The molecule has 1 aliphatic carbocycles. The van der Waals surface area contributed by atoms with Crippen molar-refractivity contribution in [3.8, 4) is 0 Å². The van der Waals surface area contributed by atoms with Gasteiger partial charge in [0, 0.05) is 0 Å². The lowest BCUT2D eigenvalue weighted by molar-refractivity contribution is -0.164. The minimum atomic E-state index is -0.324. The van der Waals surface area contributed by atoms with Crippen molar-refractivity contribution in [2.45, 2.75) is 46.1 Å². The molecule has 1 rings (SSSR count). The summed E-state index contributed by atoms with van der Waals surface area (Å²) in [6, 6.07) is 0. The maximum atomic E-state index is 11.4. The molecule has 1 aliphatic rings. The summed E-state index contributed by atoms with van der Waals surface area (Å²) in [6.45, 7) is 7.65. The summed E-state index contributed by atoms with van der Waals surface area (Å²) in [5.74, 6) is 0.877. The van der Waals surface area contributed by atoms with Gasteiger partial charge in [0.15, 0.2) is 0 Å². The molecule has 1 fully saturated rings. The van der Waals surface area contributed by atoms with Gasteiger partial charge in [-0.15, -0.1) is 0 Å². The van der Waals surface area contributed by atoms with Crippen LogP contribution in [-0.2, 0) is 14.3 Å². The van der Waals surface area contributed by atoms with Crippen LogP contribution in [0.15, 0.2) is 0 Å². The van der Waals surface area contributed by atoms with E-state index in [0.717, 1.165) is 12.8 Å². The Labute approximate surface area is 90.6 Å². The van der Waals surface area contributed by atoms with Crippen molar-refractivity contribution in [3.05, 3.63) is 0 Å². The van der Waals surface area contributed by atoms with Crippen molar-refractivity contribution >= 4 is 12.4 Å². The smallest absolute Gasteiger partial charge is 0.309 e. The van der Waals surface area contributed by atoms with E-state index in [-0.39, 0.29) is 24.0 Å². The lowest BCUT2D eigenvalue weighted by Crippen LogP contribution is -2.35. The molecule has 4 nitrogen and oxygen atoms in total. The maximum absolute atomic E-state index is 11.4. The zero-order valence-corrected chi connectivity index (χ0v) is 9.82. The van der Waals surface area contributed by atoms with Gasteiger partial charge in [-0.05, 0) is 39.5 Å². The number of hydrogen-bond donors (Lipinski definition) is 1. The molecule has 4 heteroatoms. The first-order chi connectivity index (χ1) is 6.80. The molecular formula is C11H20O4. The molecule has 1 N–H and O–H groups in total. The van der Waals surface area contributed by atoms with Crippen LogP contribution in [0, 0.1) is 11.8 Å². The molecule has 0 bridgehead atoms. The van der Waals surface area contributed by atoms with E-state index in [4.69, 9.17) is 14.6 Å². The van der Waals surface area contributed by atoms with Crippen LogP contribution in [0.3, 0.4) is 0 Å². The highest BCUT2D eigenvalue weighted by Crippen LogP contribution is 2.34. The lowest BCUT2D eigenvalue weighted by atomic mass is 9.76. The first kappa shape index (κ1) is 13.9. The molecule has 0 atom stereocenters. The van der Waals surface area contributed by atoms with Gasteiger partial charge in [-0.3, -0.25) is 9.59 Å². The van der Waals surface area contributed by atoms with Gasteiger partial charge in [0.25, 0.3) is 6.47 Å². The maximum Gasteiger partial charge on any atom is 0.309 e. The summed E-state index contributed by atoms with van der Waals surface area (Å²) >= 11 is 0. The van der Waals surface area contributed by atoms with E-state index in [1.54, 1.807) is 0 Å². The molecule has 0 aromatic heterocycles. The number of ether oxygens (including phenoxy) is 1. The Kier molecular flexibility index (Phi) is 5.33. The van der Waals surface area contributed by atoms with E-state index >= 15 is 0 Å². The lowest BCUT2D eigenvalue weighted by Gasteiger charge is -2.33. The molecule has 0 unspecified atom stereocenters. The van der Waals surface area contributed by atoms with Crippen LogP contribution in [0.25, 0.3) is 0 Å². The molecule has 0 amide bonds. The van der Waals surface area contributed by atoms with E-state index in [2.05, 4.69) is 6.92 Å². The van der Waals surface area contributed by atoms with Gasteiger partial charge in [-0.1, -0.05) is 6.92 Å². The highest BCUT2D eigenvalue weighted by atomic mass is 16.6. The summed E-state index contributed by atoms with van der Waals surface area (Å²) in [7, 11) is 0. The summed E-state index contributed by atoms with van der Waals surface area (Å²) in [5.41, 5.74) is -0.324. The van der Waals surface area contributed by atoms with Crippen LogP contribution >= 0.6 is 0 Å². The molecule has 15 heavy (non-hydrogen) atoms. The topological polar surface area (TPSA) is 63.6 Å². The van der Waals surface area contributed by atoms with Crippen LogP contribution in [0.4, 0.5) is 0 Å². The fourth-order valence-corrected chi connectivity index (χ4v) is 1.48. The average Bonchev–Trinajstić information content (AvgIpc) is 1.96. The fourth-order valence-electron chi connectivity index (χ4n) is 1.48. The van der Waals surface area contributed by atoms with Crippen LogP contribution < -0.4 is 0 Å². The second-order valence-electron chi connectivity index (χ2n) is 4.91. The zero-order chi connectivity index (χ0) is 12.1. The number of rotatable bonds is 1. The molecule has 0 heterocycles. The van der Waals surface area contributed by atoms with Gasteiger partial charge >= 0.3 is 5.97 Å². The largest absolute Gasteiger partial charge is 0.483 e. The third-order valence-electron chi connectivity index (χ3n) is 2.11. The summed E-state index contributed by atoms with van der Waals surface area (Å²) in [4.78, 5) is 19.7. The van der Waals surface area contributed by atoms with E-state index in [1.807, 2.05) is 20.8 Å². The number of carbonyl (C=O) groups is 2. The minimum absolute atomic E-state index is 0.0133. The van der Waals surface area contributed by atoms with Crippen LogP contribution in [0.1, 0.15) is 40.5 Å². The Balaban J connectivity index is 0.000000583. The van der Waals surface area contributed by atoms with Gasteiger partial charge in [-0.25, -0.2) is 0 Å². The highest BCUT2D eigenvalue weighted by molar-refractivity contribution is 5.73. The highest BCUT2D eigenvalue weighted by Gasteiger charge is 2.34. The van der Waals surface area contributed by atoms with Gasteiger partial charge < -0.3 is 9.84 Å². The second-order valence-corrected chi connectivity index (χ2v) is 4.91. The normalized spacial score (nSPS) is 24.3. The summed E-state index contributed by atoms with van der Waals surface area (Å²) in [5, 5.41) is 6.89. The van der Waals surface area contributed by atoms with E-state index in [9.17, 15) is 4.79 Å². The summed E-state index contributed by atoms with van der Waals surface area (Å²) < 4.78 is 5.25. The Bertz CT molecular complexity index is 211. The first-order valence-corrected chi connectivity index (χ1v) is 5.11. The SMILES string of the molecule is CC(C)(C)OC(=O)[C@H]1C[C@@H](C)C1.O=CO. The van der Waals surface area contributed by atoms with Crippen molar-refractivity contribution in [1.82, 2.24) is 0 Å². The van der Waals surface area contributed by atoms with Crippen LogP contribution in [-0.4, -0.2) is 23.1 Å². The quantitative estimate of drug-likeness (QED) is 0.538. The van der Waals surface area contributed by atoms with Crippen molar-refractivity contribution in [2.75, 3.05) is 0 Å². The van der Waals surface area contributed by atoms with E-state index in [1.165, 1.54) is 0 Å². The molecule has 88 valence electrons. The van der Waals surface area contributed by atoms with Crippen molar-refractivity contribution in [3.63, 3.8) is 0 Å². The first-order valence-electron chi connectivity index (χ1n) is 5.11. The van der Waals surface area contributed by atoms with Crippen LogP contribution in [0.2, 0.25) is 0 Å². The number of hydrogen-bond acceptors (Lipinski definition) is 3. The Hall–Kier alpha value is -1.06. The van der Waals surface area contributed by atoms with Crippen molar-refractivity contribution in [2.24, 2.45) is 11.8 Å². The molecular weight excluding hydrogens is 196 g/mol. The number of esters is 1. The van der Waals surface area contributed by atoms with Gasteiger partial charge in [-0.2, -0.15) is 0 Å². The molecule has 0 aromatic carbocycles. The molecule has 0 aliphatic heterocycles. The monoisotopic (exact) mass is 216 g/mol. The van der Waals surface area contributed by atoms with E-state index in [0.29, 0.717) is 5.92 Å². The molecule has 0 saturated heterocycles. The average molecular weight is 216 g/mol. The second kappa shape index (κ2) is 5.73. The predicted molar refractivity (Wildman–Crippen MR) is 56.4 cm³/mol. The third kappa shape index (κ3) is 6.10. The number of carboxylic acid groups (broad SMARTS) is 1. The van der Waals surface area contributed by atoms with Crippen molar-refractivity contribution in [1.29, 1.82) is 0 Å². The van der Waals surface area contributed by atoms with E-state index < -0.39 is 0 Å². The molecule has 0 spiro atoms. The molecule has 0 aromatic rings. The van der Waals surface area contributed by atoms with Gasteiger partial charge in [0.05, 0.1) is 5.92 Å². The van der Waals surface area contributed by atoms with Gasteiger partial charge in [0.1, 0.15) is 5.60 Å². The summed E-state index contributed by atoms with van der Waals surface area (Å²) in [6.07, 6.45) is 2.02. The Morgan fingerprint density at radius 2 is 1.80 bits per heavy atom. The van der Waals surface area contributed by atoms with Crippen molar-refractivity contribution < 1.29 is 19.4 Å². The Morgan fingerprint density at radius 1 is 1.40 bits per heavy atom. The predicted octanol–water partition coefficient (Wildman–Crippen LogP) is 2.07. The fraction of sp³-hybridized carbons (Fsp3) is 0.818. The number of carbonyl (C=O) groups excluding carboxylic acids is 1. The Morgan fingerprint density at radius 3 is 2.07 bits per heavy atom. The zero-order valence-electron chi connectivity index (χ0n) is 9.82. The third-order valence-corrected chi connectivity index (χ3v) is 2.11. The standard InChI is InChI=1S/C10H18O2.CH2O2/c1-7-5-8(6-7)9(11)12-10(2,3)4;2-1-3/h7-8H,5-6H2,1-4H3;1H,(H,2,3)/t7-,8+;. The van der Waals surface area contributed by atoms with Gasteiger partial charge in [0.2, 0.25) is 0 Å².